The molecule has 2 rings (SSSR count). The Bertz CT molecular complexity index is 220. The Balaban J connectivity index is 1.63. The molecule has 17 heavy (non-hydrogen) atoms. The molecule has 0 saturated carbocycles. The lowest BCUT2D eigenvalue weighted by Gasteiger charge is -2.36. The van der Waals surface area contributed by atoms with E-state index in [-0.39, 0.29) is 0 Å². The number of halogens is 1. The summed E-state index contributed by atoms with van der Waals surface area (Å²) >= 11 is 6.27. The normalized spacial score (nSPS) is 33.5. The van der Waals surface area contributed by atoms with Gasteiger partial charge in [0.25, 0.3) is 0 Å². The van der Waals surface area contributed by atoms with E-state index < -0.39 is 0 Å². The van der Waals surface area contributed by atoms with Crippen molar-refractivity contribution in [1.82, 2.24) is 4.90 Å². The molecule has 2 fully saturated rings. The van der Waals surface area contributed by atoms with Gasteiger partial charge in [0.05, 0.1) is 6.61 Å². The first-order valence-electron chi connectivity index (χ1n) is 7.14. The van der Waals surface area contributed by atoms with Gasteiger partial charge in [0, 0.05) is 30.6 Å². The molecule has 0 amide bonds. The molecule has 2 aliphatic rings. The van der Waals surface area contributed by atoms with Gasteiger partial charge in [-0.05, 0) is 38.0 Å². The van der Waals surface area contributed by atoms with Gasteiger partial charge in [-0.1, -0.05) is 13.8 Å². The molecular formula is C14H26ClNO. The van der Waals surface area contributed by atoms with Crippen molar-refractivity contribution in [1.29, 1.82) is 0 Å². The van der Waals surface area contributed by atoms with E-state index in [1.165, 1.54) is 32.1 Å². The van der Waals surface area contributed by atoms with Crippen LogP contribution in [-0.4, -0.2) is 42.1 Å². The molecule has 2 unspecified atom stereocenters. The van der Waals surface area contributed by atoms with Crippen molar-refractivity contribution in [2.75, 3.05) is 19.8 Å². The number of nitrogens with zero attached hydrogens (tertiary/aromatic N) is 1. The highest BCUT2D eigenvalue weighted by Crippen LogP contribution is 2.37. The zero-order chi connectivity index (χ0) is 12.3. The SMILES string of the molecule is CC(C)CCOCCN1C2CCC1CC(Cl)C2. The quantitative estimate of drug-likeness (QED) is 0.536. The van der Waals surface area contributed by atoms with Gasteiger partial charge in [-0.3, -0.25) is 4.90 Å². The van der Waals surface area contributed by atoms with Crippen LogP contribution in [0.2, 0.25) is 0 Å². The third kappa shape index (κ3) is 3.84. The average molecular weight is 260 g/mol. The van der Waals surface area contributed by atoms with Gasteiger partial charge in [0.1, 0.15) is 0 Å². The lowest BCUT2D eigenvalue weighted by atomic mass is 10.0. The first-order chi connectivity index (χ1) is 8.16. The Labute approximate surface area is 111 Å². The number of fused-ring (bicyclic) bond motifs is 2. The third-order valence-corrected chi connectivity index (χ3v) is 4.52. The molecule has 2 nitrogen and oxygen atoms in total. The van der Waals surface area contributed by atoms with Gasteiger partial charge in [0.15, 0.2) is 0 Å². The zero-order valence-electron chi connectivity index (χ0n) is 11.2. The molecule has 2 heterocycles. The summed E-state index contributed by atoms with van der Waals surface area (Å²) in [5.41, 5.74) is 0. The van der Waals surface area contributed by atoms with Gasteiger partial charge in [0.2, 0.25) is 0 Å². The molecule has 0 aromatic rings. The van der Waals surface area contributed by atoms with Crippen LogP contribution in [0.4, 0.5) is 0 Å². The monoisotopic (exact) mass is 259 g/mol. The number of ether oxygens (including phenoxy) is 1. The number of piperidine rings is 1. The summed E-state index contributed by atoms with van der Waals surface area (Å²) in [4.78, 5) is 2.65. The fourth-order valence-electron chi connectivity index (χ4n) is 3.16. The van der Waals surface area contributed by atoms with E-state index in [9.17, 15) is 0 Å². The second kappa shape index (κ2) is 6.40. The predicted octanol–water partition coefficient (Wildman–Crippen LogP) is 3.28. The van der Waals surface area contributed by atoms with Gasteiger partial charge >= 0.3 is 0 Å². The van der Waals surface area contributed by atoms with Crippen LogP contribution in [0.3, 0.4) is 0 Å². The predicted molar refractivity (Wildman–Crippen MR) is 72.7 cm³/mol. The standard InChI is InChI=1S/C14H26ClNO/c1-11(2)5-7-17-8-6-16-13-3-4-14(16)10-12(15)9-13/h11-14H,3-10H2,1-2H3. The molecule has 2 saturated heterocycles. The molecule has 0 aromatic carbocycles. The minimum atomic E-state index is 0.422. The van der Waals surface area contributed by atoms with Crippen LogP contribution in [0.1, 0.15) is 46.0 Å². The van der Waals surface area contributed by atoms with Crippen molar-refractivity contribution in [3.05, 3.63) is 0 Å². The van der Waals surface area contributed by atoms with Crippen molar-refractivity contribution in [2.24, 2.45) is 5.92 Å². The molecular weight excluding hydrogens is 234 g/mol. The smallest absolute Gasteiger partial charge is 0.0593 e. The van der Waals surface area contributed by atoms with Gasteiger partial charge in [-0.15, -0.1) is 11.6 Å². The van der Waals surface area contributed by atoms with E-state index in [0.29, 0.717) is 5.38 Å². The second-order valence-electron chi connectivity index (χ2n) is 5.99. The van der Waals surface area contributed by atoms with Crippen molar-refractivity contribution < 1.29 is 4.74 Å². The maximum Gasteiger partial charge on any atom is 0.0593 e. The lowest BCUT2D eigenvalue weighted by molar-refractivity contribution is 0.0643. The molecule has 0 spiro atoms. The van der Waals surface area contributed by atoms with Crippen molar-refractivity contribution in [3.63, 3.8) is 0 Å². The van der Waals surface area contributed by atoms with E-state index in [1.54, 1.807) is 0 Å². The number of alkyl halides is 1. The molecule has 0 aromatic heterocycles. The summed E-state index contributed by atoms with van der Waals surface area (Å²) in [5, 5.41) is 0.422. The Morgan fingerprint density at radius 3 is 2.41 bits per heavy atom. The fraction of sp³-hybridized carbons (Fsp3) is 1.00. The van der Waals surface area contributed by atoms with E-state index in [4.69, 9.17) is 16.3 Å². The third-order valence-electron chi connectivity index (χ3n) is 4.16. The highest BCUT2D eigenvalue weighted by Gasteiger charge is 2.39. The summed E-state index contributed by atoms with van der Waals surface area (Å²) in [7, 11) is 0. The Hall–Kier alpha value is 0.210. The number of hydrogen-bond donors (Lipinski definition) is 0. The summed E-state index contributed by atoms with van der Waals surface area (Å²) in [5.74, 6) is 0.748. The van der Waals surface area contributed by atoms with Crippen molar-refractivity contribution in [2.45, 2.75) is 63.4 Å². The first kappa shape index (κ1) is 13.6. The molecule has 0 aliphatic carbocycles. The largest absolute Gasteiger partial charge is 0.380 e. The summed E-state index contributed by atoms with van der Waals surface area (Å²) < 4.78 is 5.72. The Morgan fingerprint density at radius 1 is 1.18 bits per heavy atom. The van der Waals surface area contributed by atoms with Crippen LogP contribution in [0.25, 0.3) is 0 Å². The topological polar surface area (TPSA) is 12.5 Å². The fourth-order valence-corrected chi connectivity index (χ4v) is 3.58. The average Bonchev–Trinajstić information content (AvgIpc) is 2.51. The molecule has 0 radical (unpaired) electrons. The van der Waals surface area contributed by atoms with Crippen LogP contribution in [0, 0.1) is 5.92 Å². The Morgan fingerprint density at radius 2 is 1.82 bits per heavy atom. The summed E-state index contributed by atoms with van der Waals surface area (Å²) in [6, 6.07) is 1.48. The minimum Gasteiger partial charge on any atom is -0.380 e. The van der Waals surface area contributed by atoms with Crippen molar-refractivity contribution in [3.8, 4) is 0 Å². The molecule has 2 bridgehead atoms. The van der Waals surface area contributed by atoms with Gasteiger partial charge in [-0.25, -0.2) is 0 Å². The second-order valence-corrected chi connectivity index (χ2v) is 6.60. The number of rotatable bonds is 6. The van der Waals surface area contributed by atoms with Crippen molar-refractivity contribution >= 4 is 11.6 Å². The highest BCUT2D eigenvalue weighted by molar-refractivity contribution is 6.20. The zero-order valence-corrected chi connectivity index (χ0v) is 12.0. The van der Waals surface area contributed by atoms with Crippen LogP contribution < -0.4 is 0 Å². The van der Waals surface area contributed by atoms with Crippen LogP contribution in [-0.2, 0) is 4.74 Å². The van der Waals surface area contributed by atoms with Crippen LogP contribution in [0.5, 0.6) is 0 Å². The maximum absolute atomic E-state index is 6.27. The Kier molecular flexibility index (Phi) is 5.13. The molecule has 100 valence electrons. The summed E-state index contributed by atoms with van der Waals surface area (Å²) in [6.45, 7) is 7.41. The summed E-state index contributed by atoms with van der Waals surface area (Å²) in [6.07, 6.45) is 6.24. The van der Waals surface area contributed by atoms with Crippen LogP contribution >= 0.6 is 11.6 Å². The molecule has 3 heteroatoms. The molecule has 2 aliphatic heterocycles. The van der Waals surface area contributed by atoms with E-state index in [1.807, 2.05) is 0 Å². The number of hydrogen-bond acceptors (Lipinski definition) is 2. The van der Waals surface area contributed by atoms with Crippen LogP contribution in [0.15, 0.2) is 0 Å². The van der Waals surface area contributed by atoms with E-state index in [2.05, 4.69) is 18.7 Å². The maximum atomic E-state index is 6.27. The minimum absolute atomic E-state index is 0.422. The van der Waals surface area contributed by atoms with Gasteiger partial charge in [-0.2, -0.15) is 0 Å². The lowest BCUT2D eigenvalue weighted by Crippen LogP contribution is -2.44. The highest BCUT2D eigenvalue weighted by atomic mass is 35.5. The van der Waals surface area contributed by atoms with E-state index >= 15 is 0 Å². The molecule has 0 N–H and O–H groups in total. The molecule has 2 atom stereocenters. The first-order valence-corrected chi connectivity index (χ1v) is 7.58. The van der Waals surface area contributed by atoms with Gasteiger partial charge < -0.3 is 4.74 Å². The van der Waals surface area contributed by atoms with E-state index in [0.717, 1.165) is 37.8 Å².